The van der Waals surface area contributed by atoms with Crippen LogP contribution in [-0.2, 0) is 14.3 Å². The molecule has 2 heterocycles. The number of hydrogen-bond donors (Lipinski definition) is 1. The maximum atomic E-state index is 13.9. The number of fused-ring (bicyclic) bond motifs is 2. The lowest BCUT2D eigenvalue weighted by Crippen LogP contribution is -2.69. The minimum atomic E-state index is -0.556. The largest absolute Gasteiger partial charge is 0.370 e. The van der Waals surface area contributed by atoms with Crippen LogP contribution in [-0.4, -0.2) is 42.3 Å². The summed E-state index contributed by atoms with van der Waals surface area (Å²) in [6.45, 7) is 7.70. The van der Waals surface area contributed by atoms with Crippen molar-refractivity contribution in [2.75, 3.05) is 20.4 Å². The third kappa shape index (κ3) is 2.60. The fraction of sp³-hybridized carbons (Fsp3) is 0.667. The van der Waals surface area contributed by atoms with E-state index in [1.165, 1.54) is 0 Å². The summed E-state index contributed by atoms with van der Waals surface area (Å²) in [5.41, 5.74) is 0.378. The van der Waals surface area contributed by atoms with Crippen molar-refractivity contribution in [1.82, 2.24) is 10.2 Å². The van der Waals surface area contributed by atoms with Crippen molar-refractivity contribution < 1.29 is 14.3 Å². The Hall–Kier alpha value is -1.43. The highest BCUT2D eigenvalue weighted by molar-refractivity contribution is 5.89. The topological polar surface area (TPSA) is 50.8 Å². The van der Waals surface area contributed by atoms with Gasteiger partial charge in [-0.1, -0.05) is 44.2 Å². The Bertz CT molecular complexity index is 692. The quantitative estimate of drug-likeness (QED) is 0.841. The highest BCUT2D eigenvalue weighted by Crippen LogP contribution is 2.57. The summed E-state index contributed by atoms with van der Waals surface area (Å²) < 4.78 is 11.5. The fourth-order valence-electron chi connectivity index (χ4n) is 5.60. The number of ether oxygens (including phenoxy) is 2. The first-order valence-electron chi connectivity index (χ1n) is 9.56. The normalized spacial score (nSPS) is 38.3. The van der Waals surface area contributed by atoms with Gasteiger partial charge in [-0.25, -0.2) is 0 Å². The molecule has 0 bridgehead atoms. The van der Waals surface area contributed by atoms with Crippen LogP contribution in [0.15, 0.2) is 30.3 Å². The molecule has 3 aliphatic rings. The van der Waals surface area contributed by atoms with Crippen LogP contribution < -0.4 is 5.32 Å². The van der Waals surface area contributed by atoms with Crippen LogP contribution in [0, 0.1) is 11.3 Å². The maximum Gasteiger partial charge on any atom is 0.246 e. The molecule has 1 aliphatic carbocycles. The Balaban J connectivity index is 1.74. The minimum Gasteiger partial charge on any atom is -0.370 e. The summed E-state index contributed by atoms with van der Waals surface area (Å²) in [4.78, 5) is 15.9. The summed E-state index contributed by atoms with van der Waals surface area (Å²) >= 11 is 0. The molecule has 0 spiro atoms. The van der Waals surface area contributed by atoms with Crippen molar-refractivity contribution in [1.29, 1.82) is 0 Å². The van der Waals surface area contributed by atoms with Gasteiger partial charge in [-0.15, -0.1) is 0 Å². The Morgan fingerprint density at radius 2 is 1.96 bits per heavy atom. The highest BCUT2D eigenvalue weighted by atomic mass is 16.5. The maximum absolute atomic E-state index is 13.9. The Morgan fingerprint density at radius 3 is 2.65 bits per heavy atom. The molecule has 4 atom stereocenters. The summed E-state index contributed by atoms with van der Waals surface area (Å²) in [6, 6.07) is 10.1. The number of carbonyl (C=O) groups is 1. The van der Waals surface area contributed by atoms with Crippen molar-refractivity contribution >= 4 is 5.91 Å². The lowest BCUT2D eigenvalue weighted by atomic mass is 9.72. The van der Waals surface area contributed by atoms with Gasteiger partial charge < -0.3 is 14.4 Å². The van der Waals surface area contributed by atoms with Crippen LogP contribution in [0.2, 0.25) is 0 Å². The monoisotopic (exact) mass is 358 g/mol. The van der Waals surface area contributed by atoms with Gasteiger partial charge in [-0.2, -0.15) is 0 Å². The zero-order chi connectivity index (χ0) is 18.6. The van der Waals surface area contributed by atoms with Crippen LogP contribution in [0.4, 0.5) is 0 Å². The number of benzene rings is 1. The van der Waals surface area contributed by atoms with E-state index in [0.29, 0.717) is 19.3 Å². The molecule has 1 amide bonds. The predicted octanol–water partition coefficient (Wildman–Crippen LogP) is 3.07. The van der Waals surface area contributed by atoms with Crippen LogP contribution in [0.3, 0.4) is 0 Å². The smallest absolute Gasteiger partial charge is 0.246 e. The van der Waals surface area contributed by atoms with E-state index in [1.54, 1.807) is 7.11 Å². The second kappa shape index (κ2) is 6.04. The summed E-state index contributed by atoms with van der Waals surface area (Å²) in [5, 5.41) is 3.49. The molecule has 142 valence electrons. The molecular formula is C21H30N2O3. The number of nitrogens with one attached hydrogen (secondary N) is 1. The molecule has 2 saturated heterocycles. The third-order valence-electron chi connectivity index (χ3n) is 6.52. The van der Waals surface area contributed by atoms with E-state index in [4.69, 9.17) is 9.47 Å². The highest BCUT2D eigenvalue weighted by Gasteiger charge is 2.65. The van der Waals surface area contributed by atoms with Gasteiger partial charge in [0.1, 0.15) is 5.54 Å². The van der Waals surface area contributed by atoms with Crippen LogP contribution in [0.25, 0.3) is 0 Å². The number of amides is 1. The van der Waals surface area contributed by atoms with Crippen molar-refractivity contribution in [3.8, 4) is 0 Å². The van der Waals surface area contributed by atoms with Gasteiger partial charge in [0.2, 0.25) is 5.91 Å². The number of methoxy groups -OCH3 is 1. The second-order valence-corrected chi connectivity index (χ2v) is 9.27. The third-order valence-corrected chi connectivity index (χ3v) is 6.52. The Morgan fingerprint density at radius 1 is 1.23 bits per heavy atom. The van der Waals surface area contributed by atoms with Gasteiger partial charge in [-0.3, -0.25) is 10.1 Å². The standard InChI is InChI=1S/C21H30N2O3/c1-19(2)10-16-11-20(3)13-26-17(15-8-6-5-7-9-15)23(20)18(24)21(16,12-19)22-14-25-4/h5-9,16-17,22H,10-14H2,1-4H3/t16-,17-,20?,21?/m1/s1. The number of rotatable bonds is 4. The van der Waals surface area contributed by atoms with Gasteiger partial charge in [0.05, 0.1) is 18.9 Å². The molecule has 1 aromatic carbocycles. The first-order valence-corrected chi connectivity index (χ1v) is 9.56. The lowest BCUT2D eigenvalue weighted by molar-refractivity contribution is -0.158. The lowest BCUT2D eigenvalue weighted by Gasteiger charge is -2.51. The Labute approximate surface area is 156 Å². The van der Waals surface area contributed by atoms with Gasteiger partial charge in [0, 0.05) is 12.7 Å². The number of carbonyl (C=O) groups excluding carboxylic acids is 1. The SMILES string of the molecule is COCNC12CC(C)(C)C[C@@H]1CC1(C)CO[C@H](c3ccccc3)N1C2=O. The van der Waals surface area contributed by atoms with Crippen LogP contribution in [0.5, 0.6) is 0 Å². The molecule has 1 N–H and O–H groups in total. The molecule has 1 saturated carbocycles. The average molecular weight is 358 g/mol. The molecule has 0 aromatic heterocycles. The van der Waals surface area contributed by atoms with Crippen LogP contribution in [0.1, 0.15) is 51.8 Å². The van der Waals surface area contributed by atoms with E-state index in [-0.39, 0.29) is 23.1 Å². The molecular weight excluding hydrogens is 328 g/mol. The Kier molecular flexibility index (Phi) is 4.17. The molecule has 0 radical (unpaired) electrons. The van der Waals surface area contributed by atoms with Gasteiger partial charge in [-0.05, 0) is 37.5 Å². The van der Waals surface area contributed by atoms with Crippen molar-refractivity contribution in [2.45, 2.75) is 57.3 Å². The van der Waals surface area contributed by atoms with Gasteiger partial charge in [0.15, 0.2) is 6.23 Å². The van der Waals surface area contributed by atoms with Crippen molar-refractivity contribution in [3.05, 3.63) is 35.9 Å². The second-order valence-electron chi connectivity index (χ2n) is 9.27. The van der Waals surface area contributed by atoms with E-state index in [2.05, 4.69) is 26.1 Å². The zero-order valence-corrected chi connectivity index (χ0v) is 16.2. The molecule has 2 aliphatic heterocycles. The fourth-order valence-corrected chi connectivity index (χ4v) is 5.60. The molecule has 5 heteroatoms. The number of nitrogens with zero attached hydrogens (tertiary/aromatic N) is 1. The molecule has 5 nitrogen and oxygen atoms in total. The molecule has 1 aromatic rings. The van der Waals surface area contributed by atoms with Crippen LogP contribution >= 0.6 is 0 Å². The number of hydrogen-bond acceptors (Lipinski definition) is 4. The number of piperidine rings is 1. The molecule has 4 rings (SSSR count). The molecule has 2 unspecified atom stereocenters. The van der Waals surface area contributed by atoms with E-state index >= 15 is 0 Å². The molecule has 26 heavy (non-hydrogen) atoms. The first-order chi connectivity index (χ1) is 12.3. The molecule has 3 fully saturated rings. The summed E-state index contributed by atoms with van der Waals surface area (Å²) in [7, 11) is 1.67. The van der Waals surface area contributed by atoms with E-state index in [1.807, 2.05) is 35.2 Å². The van der Waals surface area contributed by atoms with E-state index < -0.39 is 5.54 Å². The van der Waals surface area contributed by atoms with Crippen molar-refractivity contribution in [3.63, 3.8) is 0 Å². The summed E-state index contributed by atoms with van der Waals surface area (Å²) in [5.74, 6) is 0.477. The van der Waals surface area contributed by atoms with E-state index in [9.17, 15) is 4.79 Å². The summed E-state index contributed by atoms with van der Waals surface area (Å²) in [6.07, 6.45) is 2.54. The van der Waals surface area contributed by atoms with Gasteiger partial charge in [0.25, 0.3) is 0 Å². The van der Waals surface area contributed by atoms with E-state index in [0.717, 1.165) is 24.8 Å². The zero-order valence-electron chi connectivity index (χ0n) is 16.2. The van der Waals surface area contributed by atoms with Gasteiger partial charge >= 0.3 is 0 Å². The predicted molar refractivity (Wildman–Crippen MR) is 99.3 cm³/mol. The minimum absolute atomic E-state index is 0.139. The van der Waals surface area contributed by atoms with Crippen molar-refractivity contribution in [2.24, 2.45) is 11.3 Å². The first kappa shape index (κ1) is 18.0. The average Bonchev–Trinajstić information content (AvgIpc) is 3.07.